The fraction of sp³-hybridized carbons (Fsp3) is 0.250. The molecule has 0 bridgehead atoms. The number of carbonyl (C=O) groups excluding carboxylic acids is 1. The first kappa shape index (κ1) is 8.52. The molecule has 0 unspecified atom stereocenters. The predicted molar refractivity (Wildman–Crippen MR) is 47.1 cm³/mol. The number of carbonyl (C=O) groups is 1. The highest BCUT2D eigenvalue weighted by Gasteiger charge is 2.06. The molecular weight excluding hydrogens is 154 g/mol. The van der Waals surface area contributed by atoms with E-state index in [1.54, 1.807) is 38.6 Å². The van der Waals surface area contributed by atoms with Gasteiger partial charge in [0.1, 0.15) is 0 Å². The van der Waals surface area contributed by atoms with Crippen LogP contribution in [-0.4, -0.2) is 25.1 Å². The van der Waals surface area contributed by atoms with Gasteiger partial charge in [-0.3, -0.25) is 9.88 Å². The summed E-state index contributed by atoms with van der Waals surface area (Å²) >= 11 is 0. The average Bonchev–Trinajstić information content (AvgIpc) is 2.17. The fourth-order valence-electron chi connectivity index (χ4n) is 0.853. The van der Waals surface area contributed by atoms with Crippen molar-refractivity contribution < 1.29 is 4.79 Å². The van der Waals surface area contributed by atoms with E-state index in [0.717, 1.165) is 5.69 Å². The van der Waals surface area contributed by atoms with Gasteiger partial charge < -0.3 is 5.32 Å². The van der Waals surface area contributed by atoms with Gasteiger partial charge in [0.25, 0.3) is 0 Å². The van der Waals surface area contributed by atoms with Gasteiger partial charge in [-0.2, -0.15) is 0 Å². The maximum Gasteiger partial charge on any atom is 0.321 e. The molecule has 1 heterocycles. The van der Waals surface area contributed by atoms with Crippen molar-refractivity contribution in [3.63, 3.8) is 0 Å². The lowest BCUT2D eigenvalue weighted by Gasteiger charge is -2.15. The SMILES string of the molecule is CNC(=O)N(C)c1ccncc1. The third kappa shape index (κ3) is 1.72. The molecule has 1 rings (SSSR count). The zero-order valence-corrected chi connectivity index (χ0v) is 7.11. The second-order valence-electron chi connectivity index (χ2n) is 2.32. The lowest BCUT2D eigenvalue weighted by molar-refractivity contribution is 0.249. The summed E-state index contributed by atoms with van der Waals surface area (Å²) < 4.78 is 0. The topological polar surface area (TPSA) is 45.2 Å². The maximum atomic E-state index is 11.1. The number of anilines is 1. The second kappa shape index (κ2) is 3.71. The molecule has 0 saturated heterocycles. The molecule has 0 aliphatic rings. The Morgan fingerprint density at radius 1 is 1.50 bits per heavy atom. The lowest BCUT2D eigenvalue weighted by Crippen LogP contribution is -2.34. The minimum Gasteiger partial charge on any atom is -0.341 e. The minimum absolute atomic E-state index is 0.138. The van der Waals surface area contributed by atoms with Crippen molar-refractivity contribution in [2.75, 3.05) is 19.0 Å². The van der Waals surface area contributed by atoms with Crippen LogP contribution < -0.4 is 10.2 Å². The molecule has 0 spiro atoms. The van der Waals surface area contributed by atoms with Crippen molar-refractivity contribution in [1.82, 2.24) is 10.3 Å². The number of hydrogen-bond acceptors (Lipinski definition) is 2. The molecule has 12 heavy (non-hydrogen) atoms. The number of nitrogens with one attached hydrogen (secondary N) is 1. The zero-order chi connectivity index (χ0) is 8.97. The molecule has 1 aromatic rings. The Balaban J connectivity index is 2.78. The van der Waals surface area contributed by atoms with E-state index < -0.39 is 0 Å². The number of urea groups is 1. The lowest BCUT2D eigenvalue weighted by atomic mass is 10.4. The van der Waals surface area contributed by atoms with Crippen molar-refractivity contribution in [3.8, 4) is 0 Å². The van der Waals surface area contributed by atoms with Crippen LogP contribution in [0.4, 0.5) is 10.5 Å². The van der Waals surface area contributed by atoms with Crippen LogP contribution in [0.3, 0.4) is 0 Å². The number of pyridine rings is 1. The van der Waals surface area contributed by atoms with E-state index in [0.29, 0.717) is 0 Å². The monoisotopic (exact) mass is 165 g/mol. The van der Waals surface area contributed by atoms with E-state index in [1.807, 2.05) is 0 Å². The molecule has 2 amide bonds. The molecule has 0 aliphatic carbocycles. The summed E-state index contributed by atoms with van der Waals surface area (Å²) in [5.41, 5.74) is 0.823. The molecular formula is C8H11N3O. The van der Waals surface area contributed by atoms with Gasteiger partial charge in [-0.15, -0.1) is 0 Å². The van der Waals surface area contributed by atoms with E-state index in [2.05, 4.69) is 10.3 Å². The van der Waals surface area contributed by atoms with Crippen LogP contribution >= 0.6 is 0 Å². The van der Waals surface area contributed by atoms with Crippen molar-refractivity contribution in [3.05, 3.63) is 24.5 Å². The van der Waals surface area contributed by atoms with E-state index in [1.165, 1.54) is 4.90 Å². The van der Waals surface area contributed by atoms with Gasteiger partial charge in [0, 0.05) is 32.2 Å². The molecule has 1 N–H and O–H groups in total. The summed E-state index contributed by atoms with van der Waals surface area (Å²) in [7, 11) is 3.30. The smallest absolute Gasteiger partial charge is 0.321 e. The quantitative estimate of drug-likeness (QED) is 0.670. The molecule has 4 heteroatoms. The molecule has 0 aromatic carbocycles. The Kier molecular flexibility index (Phi) is 2.63. The first-order valence-corrected chi connectivity index (χ1v) is 3.61. The third-order valence-corrected chi connectivity index (χ3v) is 1.57. The summed E-state index contributed by atoms with van der Waals surface area (Å²) in [4.78, 5) is 16.5. The van der Waals surface area contributed by atoms with Gasteiger partial charge >= 0.3 is 6.03 Å². The van der Waals surface area contributed by atoms with E-state index in [4.69, 9.17) is 0 Å². The summed E-state index contributed by atoms with van der Waals surface area (Å²) in [5.74, 6) is 0. The Morgan fingerprint density at radius 3 is 2.58 bits per heavy atom. The van der Waals surface area contributed by atoms with Crippen LogP contribution in [0.2, 0.25) is 0 Å². The minimum atomic E-state index is -0.138. The van der Waals surface area contributed by atoms with Gasteiger partial charge in [0.15, 0.2) is 0 Å². The summed E-state index contributed by atoms with van der Waals surface area (Å²) in [6.45, 7) is 0. The van der Waals surface area contributed by atoms with Crippen molar-refractivity contribution in [2.24, 2.45) is 0 Å². The van der Waals surface area contributed by atoms with Crippen molar-refractivity contribution >= 4 is 11.7 Å². The molecule has 0 saturated carbocycles. The molecule has 64 valence electrons. The van der Waals surface area contributed by atoms with E-state index >= 15 is 0 Å². The Hall–Kier alpha value is -1.58. The van der Waals surface area contributed by atoms with E-state index in [-0.39, 0.29) is 6.03 Å². The van der Waals surface area contributed by atoms with Crippen molar-refractivity contribution in [1.29, 1.82) is 0 Å². The zero-order valence-electron chi connectivity index (χ0n) is 7.11. The molecule has 0 atom stereocenters. The molecule has 0 radical (unpaired) electrons. The average molecular weight is 165 g/mol. The van der Waals surface area contributed by atoms with Gasteiger partial charge in [0.2, 0.25) is 0 Å². The van der Waals surface area contributed by atoms with E-state index in [9.17, 15) is 4.79 Å². The summed E-state index contributed by atoms with van der Waals surface area (Å²) in [6.07, 6.45) is 3.30. The molecule has 1 aromatic heterocycles. The first-order chi connectivity index (χ1) is 5.75. The number of hydrogen-bond donors (Lipinski definition) is 1. The Morgan fingerprint density at radius 2 is 2.08 bits per heavy atom. The Labute approximate surface area is 71.2 Å². The van der Waals surface area contributed by atoms with Gasteiger partial charge in [0.05, 0.1) is 0 Å². The van der Waals surface area contributed by atoms with Crippen LogP contribution in [0.15, 0.2) is 24.5 Å². The van der Waals surface area contributed by atoms with Crippen LogP contribution in [0.1, 0.15) is 0 Å². The Bertz CT molecular complexity index is 260. The van der Waals surface area contributed by atoms with Crippen LogP contribution in [0, 0.1) is 0 Å². The molecule has 0 fully saturated rings. The first-order valence-electron chi connectivity index (χ1n) is 3.61. The standard InChI is InChI=1S/C8H11N3O/c1-9-8(12)11(2)7-3-5-10-6-4-7/h3-6H,1-2H3,(H,9,12). The number of aromatic nitrogens is 1. The second-order valence-corrected chi connectivity index (χ2v) is 2.32. The highest BCUT2D eigenvalue weighted by Crippen LogP contribution is 2.08. The number of rotatable bonds is 1. The van der Waals surface area contributed by atoms with Gasteiger partial charge in [-0.05, 0) is 12.1 Å². The predicted octanol–water partition coefficient (Wildman–Crippen LogP) is 0.857. The van der Waals surface area contributed by atoms with Crippen molar-refractivity contribution in [2.45, 2.75) is 0 Å². The highest BCUT2D eigenvalue weighted by atomic mass is 16.2. The highest BCUT2D eigenvalue weighted by molar-refractivity contribution is 5.90. The molecule has 4 nitrogen and oxygen atoms in total. The largest absolute Gasteiger partial charge is 0.341 e. The van der Waals surface area contributed by atoms with Crippen LogP contribution in [0.5, 0.6) is 0 Å². The van der Waals surface area contributed by atoms with Gasteiger partial charge in [-0.1, -0.05) is 0 Å². The normalized spacial score (nSPS) is 9.17. The summed E-state index contributed by atoms with van der Waals surface area (Å²) in [6, 6.07) is 3.41. The third-order valence-electron chi connectivity index (χ3n) is 1.57. The van der Waals surface area contributed by atoms with Gasteiger partial charge in [-0.25, -0.2) is 4.79 Å². The number of nitrogens with zero attached hydrogens (tertiary/aromatic N) is 2. The summed E-state index contributed by atoms with van der Waals surface area (Å²) in [5, 5.41) is 2.53. The fourth-order valence-corrected chi connectivity index (χ4v) is 0.853. The molecule has 0 aliphatic heterocycles. The maximum absolute atomic E-state index is 11.1. The van der Waals surface area contributed by atoms with Crippen LogP contribution in [-0.2, 0) is 0 Å². The number of amides is 2. The van der Waals surface area contributed by atoms with Crippen LogP contribution in [0.25, 0.3) is 0 Å².